The number of unbranched alkanes of at least 4 members (excludes halogenated alkanes) is 7. The maximum Gasteiger partial charge on any atom is 0.165 e. The Morgan fingerprint density at radius 3 is 2.39 bits per heavy atom. The minimum Gasteiger partial charge on any atom is -0.490 e. The molecule has 1 unspecified atom stereocenters. The summed E-state index contributed by atoms with van der Waals surface area (Å²) in [5, 5.41) is 0. The van der Waals surface area contributed by atoms with E-state index in [1.807, 2.05) is 0 Å². The van der Waals surface area contributed by atoms with Gasteiger partial charge in [0.25, 0.3) is 0 Å². The van der Waals surface area contributed by atoms with E-state index >= 15 is 0 Å². The highest BCUT2D eigenvalue weighted by molar-refractivity contribution is 5.56. The number of halogens is 2. The van der Waals surface area contributed by atoms with Crippen LogP contribution in [-0.4, -0.2) is 29.4 Å². The highest BCUT2D eigenvalue weighted by Crippen LogP contribution is 2.29. The van der Waals surface area contributed by atoms with Gasteiger partial charge in [0.05, 0.1) is 19.0 Å². The van der Waals surface area contributed by atoms with Crippen molar-refractivity contribution in [3.63, 3.8) is 0 Å². The summed E-state index contributed by atoms with van der Waals surface area (Å²) in [4.78, 5) is 8.63. The van der Waals surface area contributed by atoms with E-state index in [2.05, 4.69) is 16.9 Å². The van der Waals surface area contributed by atoms with Crippen molar-refractivity contribution in [1.29, 1.82) is 0 Å². The zero-order valence-corrected chi connectivity index (χ0v) is 22.0. The third-order valence-electron chi connectivity index (χ3n) is 7.11. The van der Waals surface area contributed by atoms with Gasteiger partial charge in [0.1, 0.15) is 12.8 Å². The molecule has 0 spiro atoms. The van der Waals surface area contributed by atoms with Gasteiger partial charge in [-0.2, -0.15) is 0 Å². The summed E-state index contributed by atoms with van der Waals surface area (Å²) in [6.07, 6.45) is 20.0. The number of hydrogen-bond donors (Lipinski definition) is 0. The summed E-state index contributed by atoms with van der Waals surface area (Å²) >= 11 is 0. The van der Waals surface area contributed by atoms with Crippen LogP contribution in [0.5, 0.6) is 11.5 Å². The average molecular weight is 503 g/mol. The average Bonchev–Trinajstić information content (AvgIpc) is 3.41. The van der Waals surface area contributed by atoms with E-state index in [4.69, 9.17) is 9.47 Å². The number of nitrogens with zero attached hydrogens (tertiary/aromatic N) is 2. The third kappa shape index (κ3) is 10.4. The summed E-state index contributed by atoms with van der Waals surface area (Å²) in [5.74, 6) is 1.53. The fourth-order valence-electron chi connectivity index (χ4n) is 4.91. The first-order valence-electron chi connectivity index (χ1n) is 14.2. The molecule has 1 aliphatic rings. The quantitative estimate of drug-likeness (QED) is 0.191. The Morgan fingerprint density at radius 2 is 1.64 bits per heavy atom. The van der Waals surface area contributed by atoms with Crippen LogP contribution in [0.1, 0.15) is 103 Å². The minimum absolute atomic E-state index is 0.0495. The molecule has 1 heterocycles. The topological polar surface area (TPSA) is 44.2 Å². The molecule has 1 aromatic carbocycles. The molecular weight excluding hydrogens is 458 g/mol. The van der Waals surface area contributed by atoms with E-state index in [-0.39, 0.29) is 12.4 Å². The van der Waals surface area contributed by atoms with Gasteiger partial charge in [-0.15, -0.1) is 0 Å². The van der Waals surface area contributed by atoms with E-state index in [1.165, 1.54) is 69.9 Å². The van der Waals surface area contributed by atoms with Gasteiger partial charge >= 0.3 is 0 Å². The molecule has 0 aliphatic heterocycles. The van der Waals surface area contributed by atoms with Gasteiger partial charge in [0.15, 0.2) is 23.1 Å². The Balaban J connectivity index is 1.32. The van der Waals surface area contributed by atoms with E-state index in [1.54, 1.807) is 18.5 Å². The first kappa shape index (κ1) is 28.3. The Kier molecular flexibility index (Phi) is 13.0. The molecular formula is C30H44F2N2O2. The van der Waals surface area contributed by atoms with E-state index in [9.17, 15) is 8.78 Å². The molecule has 4 nitrogen and oxygen atoms in total. The fourth-order valence-corrected chi connectivity index (χ4v) is 4.91. The summed E-state index contributed by atoms with van der Waals surface area (Å²) < 4.78 is 39.6. The van der Waals surface area contributed by atoms with Gasteiger partial charge < -0.3 is 9.47 Å². The molecule has 200 valence electrons. The van der Waals surface area contributed by atoms with Crippen LogP contribution in [0.3, 0.4) is 0 Å². The molecule has 0 saturated heterocycles. The Morgan fingerprint density at radius 1 is 0.917 bits per heavy atom. The van der Waals surface area contributed by atoms with Crippen LogP contribution in [0, 0.1) is 11.7 Å². The molecule has 6 heteroatoms. The van der Waals surface area contributed by atoms with Crippen molar-refractivity contribution < 1.29 is 18.3 Å². The molecule has 0 amide bonds. The molecule has 0 radical (unpaired) electrons. The van der Waals surface area contributed by atoms with Gasteiger partial charge in [-0.1, -0.05) is 90.4 Å². The van der Waals surface area contributed by atoms with Crippen molar-refractivity contribution in [2.45, 2.75) is 109 Å². The molecule has 1 fully saturated rings. The monoisotopic (exact) mass is 502 g/mol. The highest BCUT2D eigenvalue weighted by atomic mass is 19.1. The van der Waals surface area contributed by atoms with Crippen molar-refractivity contribution in [1.82, 2.24) is 9.97 Å². The zero-order chi connectivity index (χ0) is 25.4. The summed E-state index contributed by atoms with van der Waals surface area (Å²) in [6, 6.07) is 4.53. The van der Waals surface area contributed by atoms with Crippen molar-refractivity contribution >= 4 is 0 Å². The molecule has 2 aromatic rings. The second kappa shape index (κ2) is 16.5. The Bertz CT molecular complexity index is 857. The number of alkyl halides is 1. The Hall–Kier alpha value is -2.24. The summed E-state index contributed by atoms with van der Waals surface area (Å²) in [7, 11) is 0. The number of ether oxygens (including phenoxy) is 2. The van der Waals surface area contributed by atoms with Gasteiger partial charge in [-0.3, -0.25) is 0 Å². The second-order valence-corrected chi connectivity index (χ2v) is 10.2. The molecule has 36 heavy (non-hydrogen) atoms. The van der Waals surface area contributed by atoms with E-state index in [0.717, 1.165) is 38.0 Å². The predicted octanol–water partition coefficient (Wildman–Crippen LogP) is 8.88. The smallest absolute Gasteiger partial charge is 0.165 e. The SMILES string of the molecule is CCCCCCC(F)COc1ccc(-c2ncc(OCCCCCCCC3CCCC3)cn2)cc1F. The van der Waals surface area contributed by atoms with Gasteiger partial charge in [-0.25, -0.2) is 18.7 Å². The lowest BCUT2D eigenvalue weighted by Gasteiger charge is -2.12. The number of hydrogen-bond acceptors (Lipinski definition) is 4. The largest absolute Gasteiger partial charge is 0.490 e. The van der Waals surface area contributed by atoms with Gasteiger partial charge in [-0.05, 0) is 37.0 Å². The Labute approximate surface area is 216 Å². The summed E-state index contributed by atoms with van der Waals surface area (Å²) in [5.41, 5.74) is 0.542. The van der Waals surface area contributed by atoms with Gasteiger partial charge in [0, 0.05) is 5.56 Å². The van der Waals surface area contributed by atoms with E-state index < -0.39 is 12.0 Å². The zero-order valence-electron chi connectivity index (χ0n) is 22.0. The number of rotatable bonds is 18. The van der Waals surface area contributed by atoms with Crippen LogP contribution in [0.15, 0.2) is 30.6 Å². The van der Waals surface area contributed by atoms with Crippen molar-refractivity contribution in [2.75, 3.05) is 13.2 Å². The standard InChI is InChI=1S/C30H44F2N2O2/c1-2-3-4-9-16-26(31)23-36-29-18-17-25(20-28(29)32)30-33-21-27(22-34-30)35-19-12-7-5-6-8-13-24-14-10-11-15-24/h17-18,20-22,24,26H,2-16,19,23H2,1H3. The van der Waals surface area contributed by atoms with Crippen molar-refractivity contribution in [2.24, 2.45) is 5.92 Å². The van der Waals surface area contributed by atoms with Crippen LogP contribution >= 0.6 is 0 Å². The fraction of sp³-hybridized carbons (Fsp3) is 0.667. The molecule has 0 bridgehead atoms. The number of benzene rings is 1. The van der Waals surface area contributed by atoms with Crippen LogP contribution in [0.4, 0.5) is 8.78 Å². The molecule has 3 rings (SSSR count). The lowest BCUT2D eigenvalue weighted by atomic mass is 9.99. The molecule has 1 atom stereocenters. The molecule has 1 saturated carbocycles. The van der Waals surface area contributed by atoms with Crippen LogP contribution < -0.4 is 9.47 Å². The van der Waals surface area contributed by atoms with E-state index in [0.29, 0.717) is 30.2 Å². The maximum absolute atomic E-state index is 14.5. The molecule has 0 N–H and O–H groups in total. The first-order valence-corrected chi connectivity index (χ1v) is 14.2. The maximum atomic E-state index is 14.5. The molecule has 1 aromatic heterocycles. The summed E-state index contributed by atoms with van der Waals surface area (Å²) in [6.45, 7) is 2.64. The third-order valence-corrected chi connectivity index (χ3v) is 7.11. The van der Waals surface area contributed by atoms with Crippen molar-refractivity contribution in [3.05, 3.63) is 36.4 Å². The second-order valence-electron chi connectivity index (χ2n) is 10.2. The lowest BCUT2D eigenvalue weighted by molar-refractivity contribution is 0.179. The predicted molar refractivity (Wildman–Crippen MR) is 142 cm³/mol. The normalized spacial score (nSPS) is 14.8. The van der Waals surface area contributed by atoms with Crippen LogP contribution in [-0.2, 0) is 0 Å². The van der Waals surface area contributed by atoms with Gasteiger partial charge in [0.2, 0.25) is 0 Å². The first-order chi connectivity index (χ1) is 17.7. The molecule has 1 aliphatic carbocycles. The lowest BCUT2D eigenvalue weighted by Crippen LogP contribution is -2.13. The minimum atomic E-state index is -1.08. The highest BCUT2D eigenvalue weighted by Gasteiger charge is 2.14. The number of aromatic nitrogens is 2. The van der Waals surface area contributed by atoms with Crippen molar-refractivity contribution in [3.8, 4) is 22.9 Å². The van der Waals surface area contributed by atoms with Crippen LogP contribution in [0.25, 0.3) is 11.4 Å². The van der Waals surface area contributed by atoms with Crippen LogP contribution in [0.2, 0.25) is 0 Å².